The normalized spacial score (nSPS) is 11.0. The molecule has 0 radical (unpaired) electrons. The molecule has 2 heterocycles. The molecule has 144 valence electrons. The van der Waals surface area contributed by atoms with Crippen molar-refractivity contribution in [2.75, 3.05) is 18.9 Å². The number of benzene rings is 2. The maximum atomic E-state index is 5.59. The lowest BCUT2D eigenvalue weighted by Crippen LogP contribution is -2.00. The molecule has 0 atom stereocenters. The van der Waals surface area contributed by atoms with E-state index in [9.17, 15) is 0 Å². The molecule has 4 rings (SSSR count). The molecular weight excluding hydrogens is 444 g/mol. The van der Waals surface area contributed by atoms with Gasteiger partial charge >= 0.3 is 0 Å². The molecule has 2 aromatic heterocycles. The minimum atomic E-state index is 0.588. The monoisotopic (exact) mass is 460 g/mol. The van der Waals surface area contributed by atoms with Gasteiger partial charge in [-0.05, 0) is 53.9 Å². The van der Waals surface area contributed by atoms with Crippen molar-refractivity contribution in [2.24, 2.45) is 0 Å². The standard InChI is InChI=1S/C19H17BrN4O3S/c1-25-14-5-4-13(20)10-17(14)28-23-19-18-15(26-2)8-12(9-16(18)27-22-19)11-24-7-3-6-21-24/h3-10H,11H2,1-2H3,(H,22,23). The molecule has 1 N–H and O–H groups in total. The van der Waals surface area contributed by atoms with Crippen molar-refractivity contribution in [3.8, 4) is 11.5 Å². The first-order valence-corrected chi connectivity index (χ1v) is 9.99. The van der Waals surface area contributed by atoms with E-state index in [1.165, 1.54) is 11.9 Å². The van der Waals surface area contributed by atoms with Crippen molar-refractivity contribution in [2.45, 2.75) is 11.4 Å². The van der Waals surface area contributed by atoms with Crippen LogP contribution in [0.2, 0.25) is 0 Å². The molecule has 0 spiro atoms. The summed E-state index contributed by atoms with van der Waals surface area (Å²) in [6.07, 6.45) is 3.66. The van der Waals surface area contributed by atoms with E-state index in [1.54, 1.807) is 20.4 Å². The number of hydrogen-bond acceptors (Lipinski definition) is 7. The summed E-state index contributed by atoms with van der Waals surface area (Å²) in [5.74, 6) is 2.04. The van der Waals surface area contributed by atoms with Gasteiger partial charge in [-0.1, -0.05) is 21.1 Å². The van der Waals surface area contributed by atoms with Crippen LogP contribution in [0.1, 0.15) is 5.56 Å². The first-order valence-electron chi connectivity index (χ1n) is 8.38. The summed E-state index contributed by atoms with van der Waals surface area (Å²) in [4.78, 5) is 0.919. The molecule has 0 saturated heterocycles. The van der Waals surface area contributed by atoms with Gasteiger partial charge in [0.1, 0.15) is 16.9 Å². The first-order chi connectivity index (χ1) is 13.7. The lowest BCUT2D eigenvalue weighted by Gasteiger charge is -2.10. The van der Waals surface area contributed by atoms with Gasteiger partial charge < -0.3 is 18.7 Å². The summed E-state index contributed by atoms with van der Waals surface area (Å²) in [5, 5.41) is 9.20. The zero-order valence-corrected chi connectivity index (χ0v) is 17.6. The Balaban J connectivity index is 1.62. The van der Waals surface area contributed by atoms with Gasteiger partial charge in [0.25, 0.3) is 0 Å². The predicted octanol–water partition coefficient (Wildman–Crippen LogP) is 4.97. The van der Waals surface area contributed by atoms with Gasteiger partial charge in [0.15, 0.2) is 11.4 Å². The van der Waals surface area contributed by atoms with Crippen molar-refractivity contribution in [1.82, 2.24) is 14.9 Å². The number of methoxy groups -OCH3 is 2. The summed E-state index contributed by atoms with van der Waals surface area (Å²) < 4.78 is 22.6. The zero-order valence-electron chi connectivity index (χ0n) is 15.2. The van der Waals surface area contributed by atoms with Crippen LogP contribution in [0, 0.1) is 0 Å². The number of nitrogens with one attached hydrogen (secondary N) is 1. The quantitative estimate of drug-likeness (QED) is 0.390. The summed E-state index contributed by atoms with van der Waals surface area (Å²) in [6.45, 7) is 0.618. The number of anilines is 1. The maximum absolute atomic E-state index is 5.59. The molecule has 0 saturated carbocycles. The summed E-state index contributed by atoms with van der Waals surface area (Å²) in [6, 6.07) is 11.6. The molecule has 0 bridgehead atoms. The van der Waals surface area contributed by atoms with Crippen molar-refractivity contribution >= 4 is 44.7 Å². The lowest BCUT2D eigenvalue weighted by atomic mass is 10.1. The van der Waals surface area contributed by atoms with Gasteiger partial charge in [-0.3, -0.25) is 4.68 Å². The number of aromatic nitrogens is 3. The van der Waals surface area contributed by atoms with Crippen LogP contribution in [-0.2, 0) is 6.54 Å². The Hall–Kier alpha value is -2.65. The molecule has 0 aliphatic heterocycles. The average Bonchev–Trinajstić information content (AvgIpc) is 3.35. The number of rotatable bonds is 7. The van der Waals surface area contributed by atoms with Crippen LogP contribution >= 0.6 is 27.9 Å². The number of ether oxygens (including phenoxy) is 2. The Labute approximate surface area is 174 Å². The molecule has 0 fully saturated rings. The van der Waals surface area contributed by atoms with E-state index in [2.05, 4.69) is 30.9 Å². The number of hydrogen-bond donors (Lipinski definition) is 1. The van der Waals surface area contributed by atoms with Gasteiger partial charge in [-0.25, -0.2) is 0 Å². The number of fused-ring (bicyclic) bond motifs is 1. The number of nitrogens with zero attached hydrogens (tertiary/aromatic N) is 3. The highest BCUT2D eigenvalue weighted by molar-refractivity contribution is 9.10. The van der Waals surface area contributed by atoms with Crippen molar-refractivity contribution < 1.29 is 14.0 Å². The molecule has 28 heavy (non-hydrogen) atoms. The second kappa shape index (κ2) is 8.15. The fraction of sp³-hybridized carbons (Fsp3) is 0.158. The molecule has 9 heteroatoms. The van der Waals surface area contributed by atoms with Crippen LogP contribution < -0.4 is 14.2 Å². The van der Waals surface area contributed by atoms with Gasteiger partial charge in [-0.15, -0.1) is 0 Å². The van der Waals surface area contributed by atoms with Gasteiger partial charge in [-0.2, -0.15) is 5.10 Å². The van der Waals surface area contributed by atoms with E-state index in [0.717, 1.165) is 26.1 Å². The van der Waals surface area contributed by atoms with Gasteiger partial charge in [0.2, 0.25) is 0 Å². The molecule has 4 aromatic rings. The smallest absolute Gasteiger partial charge is 0.191 e. The van der Waals surface area contributed by atoms with Gasteiger partial charge in [0.05, 0.1) is 25.7 Å². The summed E-state index contributed by atoms with van der Waals surface area (Å²) in [5.41, 5.74) is 1.66. The van der Waals surface area contributed by atoms with Crippen molar-refractivity contribution in [1.29, 1.82) is 0 Å². The summed E-state index contributed by atoms with van der Waals surface area (Å²) >= 11 is 4.87. The van der Waals surface area contributed by atoms with Crippen LogP contribution in [0.15, 0.2) is 62.7 Å². The third-order valence-electron chi connectivity index (χ3n) is 4.10. The Morgan fingerprint density at radius 2 is 2.04 bits per heavy atom. The molecule has 0 unspecified atom stereocenters. The predicted molar refractivity (Wildman–Crippen MR) is 112 cm³/mol. The third kappa shape index (κ3) is 3.81. The van der Waals surface area contributed by atoms with E-state index in [-0.39, 0.29) is 0 Å². The Kier molecular flexibility index (Phi) is 5.45. The van der Waals surface area contributed by atoms with Crippen molar-refractivity contribution in [3.05, 3.63) is 58.8 Å². The minimum absolute atomic E-state index is 0.588. The highest BCUT2D eigenvalue weighted by Crippen LogP contribution is 2.38. The first kappa shape index (κ1) is 18.7. The lowest BCUT2D eigenvalue weighted by molar-refractivity contribution is 0.404. The molecule has 2 aromatic carbocycles. The second-order valence-electron chi connectivity index (χ2n) is 5.91. The van der Waals surface area contributed by atoms with Crippen LogP contribution in [-0.4, -0.2) is 29.2 Å². The third-order valence-corrected chi connectivity index (χ3v) is 5.43. The zero-order chi connectivity index (χ0) is 19.5. The van der Waals surface area contributed by atoms with E-state index in [1.807, 2.05) is 47.3 Å². The fourth-order valence-corrected chi connectivity index (χ4v) is 4.12. The van der Waals surface area contributed by atoms with E-state index >= 15 is 0 Å². The highest BCUT2D eigenvalue weighted by Gasteiger charge is 2.16. The summed E-state index contributed by atoms with van der Waals surface area (Å²) in [7, 11) is 3.27. The average molecular weight is 461 g/mol. The SMILES string of the molecule is COc1ccc(Br)cc1SNc1noc2cc(Cn3cccn3)cc(OC)c12. The van der Waals surface area contributed by atoms with Crippen LogP contribution in [0.4, 0.5) is 5.82 Å². The second-order valence-corrected chi connectivity index (χ2v) is 7.67. The Bertz CT molecular complexity index is 1100. The molecule has 0 aliphatic rings. The number of halogens is 1. The van der Waals surface area contributed by atoms with Crippen LogP contribution in [0.25, 0.3) is 11.0 Å². The van der Waals surface area contributed by atoms with E-state index in [0.29, 0.717) is 23.7 Å². The van der Waals surface area contributed by atoms with E-state index in [4.69, 9.17) is 14.0 Å². The van der Waals surface area contributed by atoms with E-state index < -0.39 is 0 Å². The van der Waals surface area contributed by atoms with Crippen molar-refractivity contribution in [3.63, 3.8) is 0 Å². The Morgan fingerprint density at radius 3 is 2.79 bits per heavy atom. The molecular formula is C19H17BrN4O3S. The fourth-order valence-electron chi connectivity index (χ4n) is 2.83. The van der Waals surface area contributed by atoms with Crippen LogP contribution in [0.5, 0.6) is 11.5 Å². The maximum Gasteiger partial charge on any atom is 0.191 e. The Morgan fingerprint density at radius 1 is 1.18 bits per heavy atom. The molecule has 0 aliphatic carbocycles. The van der Waals surface area contributed by atoms with Gasteiger partial charge in [0, 0.05) is 16.9 Å². The molecule has 7 nitrogen and oxygen atoms in total. The largest absolute Gasteiger partial charge is 0.496 e. The topological polar surface area (TPSA) is 74.3 Å². The molecule has 0 amide bonds. The van der Waals surface area contributed by atoms with Crippen LogP contribution in [0.3, 0.4) is 0 Å². The minimum Gasteiger partial charge on any atom is -0.496 e. The highest BCUT2D eigenvalue weighted by atomic mass is 79.9.